The molecule has 0 radical (unpaired) electrons. The number of hydrogen-bond acceptors (Lipinski definition) is 24. The minimum atomic E-state index is -1.99. The number of carboxylic acid groups (broad SMARTS) is 3. The van der Waals surface area contributed by atoms with Crippen molar-refractivity contribution >= 4 is 112 Å². The van der Waals surface area contributed by atoms with Crippen molar-refractivity contribution in [2.24, 2.45) is 40.7 Å². The summed E-state index contributed by atoms with van der Waals surface area (Å²) in [5.74, 6) is -23.6. The molecule has 110 heavy (non-hydrogen) atoms. The van der Waals surface area contributed by atoms with Gasteiger partial charge in [0.2, 0.25) is 88.6 Å². The van der Waals surface area contributed by atoms with Crippen LogP contribution in [-0.4, -0.2) is 266 Å². The van der Waals surface area contributed by atoms with Crippen LogP contribution < -0.4 is 97.4 Å². The average Bonchev–Trinajstić information content (AvgIpc) is 0.861. The van der Waals surface area contributed by atoms with Gasteiger partial charge in [0.15, 0.2) is 5.96 Å². The summed E-state index contributed by atoms with van der Waals surface area (Å²) in [6.45, 7) is 6.32. The maximum absolute atomic E-state index is 14.6. The van der Waals surface area contributed by atoms with Crippen LogP contribution in [0.15, 0.2) is 30.3 Å². The standard InChI is InChI=1S/C66H107N19O25/c1-30(2)22-40(78-57(101)38(16-19-48(69)91)76-55(99)39(17-20-49(92)93)77-61(105)44(27-87)83-63(107)46(29-89)84-64(108)51(32(5)6)85-53(97)35(67)26-86)58(102)73-33(7)52(96)74-37(15-18-47(68)90)56(100)80-42(24-34-12-9-8-10-13-34)60(104)75-36(14-11-21-72-66(70)71)54(98)82-45(28-88)62(106)79-41(23-31(3)4)59(103)81-43(65(109)110)25-50(94)95/h8-10,12-13,30-33,35-46,51,86-89H,11,14-29,67H2,1-7H3,(H2,68,90)(H2,69,91)(H,73,102)(H,74,96)(H,75,104)(H,76,99)(H,77,105)(H,78,101)(H,79,106)(H,80,100)(H,81,103)(H,82,98)(H,83,107)(H,84,108)(H,85,97)(H,92,93)(H,94,95)(H,109,110)(H4,70,71,72)/t33-,35-,36-,37-,38-,39-,40-,41-,42-,43-,44-,45-,46-,51-/m0/s1. The fourth-order valence-electron chi connectivity index (χ4n) is 10.1. The first-order valence-electron chi connectivity index (χ1n) is 35.0. The van der Waals surface area contributed by atoms with E-state index >= 15 is 0 Å². The zero-order valence-electron chi connectivity index (χ0n) is 62.0. The number of rotatable bonds is 53. The second kappa shape index (κ2) is 49.7. The Morgan fingerprint density at radius 1 is 0.382 bits per heavy atom. The van der Waals surface area contributed by atoms with Crippen LogP contribution in [0.25, 0.3) is 0 Å². The molecule has 0 saturated carbocycles. The summed E-state index contributed by atoms with van der Waals surface area (Å²) in [6, 6.07) is -16.1. The van der Waals surface area contributed by atoms with Crippen molar-refractivity contribution in [2.45, 2.75) is 210 Å². The molecule has 1 rings (SSSR count). The molecule has 0 spiro atoms. The Balaban J connectivity index is 3.65. The summed E-state index contributed by atoms with van der Waals surface area (Å²) < 4.78 is 0. The Morgan fingerprint density at radius 3 is 1.10 bits per heavy atom. The summed E-state index contributed by atoms with van der Waals surface area (Å²) in [5.41, 5.74) is 22.2. The Bertz CT molecular complexity index is 3370. The third-order valence-electron chi connectivity index (χ3n) is 16.1. The van der Waals surface area contributed by atoms with Gasteiger partial charge in [-0.1, -0.05) is 71.9 Å². The largest absolute Gasteiger partial charge is 0.481 e. The van der Waals surface area contributed by atoms with Gasteiger partial charge in [0.05, 0.1) is 32.8 Å². The Labute approximate surface area is 632 Å². The van der Waals surface area contributed by atoms with Gasteiger partial charge in [-0.15, -0.1) is 0 Å². The minimum absolute atomic E-state index is 0.0296. The van der Waals surface area contributed by atoms with Crippen molar-refractivity contribution in [3.8, 4) is 0 Å². The van der Waals surface area contributed by atoms with Gasteiger partial charge < -0.3 is 133 Å². The average molecular weight is 1570 g/mol. The van der Waals surface area contributed by atoms with Gasteiger partial charge in [0.25, 0.3) is 0 Å². The maximum atomic E-state index is 14.6. The Morgan fingerprint density at radius 2 is 0.727 bits per heavy atom. The van der Waals surface area contributed by atoms with Crippen molar-refractivity contribution in [1.82, 2.24) is 74.4 Å². The van der Waals surface area contributed by atoms with E-state index in [1.54, 1.807) is 58.0 Å². The number of amides is 15. The van der Waals surface area contributed by atoms with E-state index in [0.29, 0.717) is 5.56 Å². The molecule has 616 valence electrons. The zero-order chi connectivity index (χ0) is 83.8. The van der Waals surface area contributed by atoms with E-state index < -0.39 is 280 Å². The highest BCUT2D eigenvalue weighted by atomic mass is 16.4. The highest BCUT2D eigenvalue weighted by molar-refractivity contribution is 6.01. The molecule has 0 fully saturated rings. The van der Waals surface area contributed by atoms with Crippen LogP contribution in [0.5, 0.6) is 0 Å². The molecule has 44 nitrogen and oxygen atoms in total. The number of benzene rings is 1. The van der Waals surface area contributed by atoms with Crippen molar-refractivity contribution in [3.63, 3.8) is 0 Å². The number of aliphatic hydroxyl groups is 4. The number of nitrogens with one attached hydrogen (secondary N) is 15. The smallest absolute Gasteiger partial charge is 0.326 e. The number of carbonyl (C=O) groups is 18. The molecule has 0 aromatic heterocycles. The van der Waals surface area contributed by atoms with E-state index in [4.69, 9.17) is 28.3 Å². The number of carbonyl (C=O) groups excluding carboxylic acids is 15. The first-order valence-corrected chi connectivity index (χ1v) is 35.0. The number of aliphatic hydroxyl groups excluding tert-OH is 4. The van der Waals surface area contributed by atoms with Gasteiger partial charge >= 0.3 is 17.9 Å². The second-order valence-electron chi connectivity index (χ2n) is 26.8. The normalized spacial score (nSPS) is 14.9. The molecule has 30 N–H and O–H groups in total. The van der Waals surface area contributed by atoms with Crippen molar-refractivity contribution < 1.29 is 122 Å². The lowest BCUT2D eigenvalue weighted by Crippen LogP contribution is -2.62. The summed E-state index contributed by atoms with van der Waals surface area (Å²) in [4.78, 5) is 239. The van der Waals surface area contributed by atoms with E-state index in [0.717, 1.165) is 6.92 Å². The number of nitrogens with two attached hydrogens (primary N) is 4. The molecule has 0 bridgehead atoms. The van der Waals surface area contributed by atoms with Crippen LogP contribution in [0.1, 0.15) is 125 Å². The van der Waals surface area contributed by atoms with Gasteiger partial charge in [0, 0.05) is 32.2 Å². The molecule has 15 amide bonds. The van der Waals surface area contributed by atoms with E-state index in [1.807, 2.05) is 5.32 Å². The van der Waals surface area contributed by atoms with Crippen LogP contribution in [0.2, 0.25) is 0 Å². The first kappa shape index (κ1) is 96.8. The first-order chi connectivity index (χ1) is 51.5. The molecule has 0 saturated heterocycles. The fourth-order valence-corrected chi connectivity index (χ4v) is 10.1. The molecule has 0 aliphatic heterocycles. The SMILES string of the molecule is CC(C)C[C@H](NC(=O)[C@H](CCC(N)=O)NC(=O)[C@H](CCC(=O)O)NC(=O)[C@H](CO)NC(=O)[C@H](CO)NC(=O)[C@@H](NC(=O)[C@@H](N)CO)C(C)C)C(=O)N[C@@H](C)C(=O)N[C@@H](CCC(N)=O)C(=O)N[C@@H](Cc1ccccc1)C(=O)N[C@@H](CCCNC(=N)N)C(=O)N[C@@H](CO)C(=O)N[C@@H](CC(C)C)C(=O)N[C@@H](CC(=O)O)C(=O)O. The van der Waals surface area contributed by atoms with Gasteiger partial charge in [-0.3, -0.25) is 86.9 Å². The fraction of sp³-hybridized carbons (Fsp3) is 0.621. The molecular weight excluding hydrogens is 1460 g/mol. The molecule has 0 unspecified atom stereocenters. The summed E-state index contributed by atoms with van der Waals surface area (Å²) in [5, 5.41) is 108. The summed E-state index contributed by atoms with van der Waals surface area (Å²) >= 11 is 0. The predicted octanol–water partition coefficient (Wildman–Crippen LogP) is -10.2. The molecule has 1 aromatic rings. The third-order valence-corrected chi connectivity index (χ3v) is 16.1. The lowest BCUT2D eigenvalue weighted by molar-refractivity contribution is -0.147. The minimum Gasteiger partial charge on any atom is -0.481 e. The monoisotopic (exact) mass is 1570 g/mol. The van der Waals surface area contributed by atoms with Gasteiger partial charge in [-0.05, 0) is 75.2 Å². The number of guanidine groups is 1. The van der Waals surface area contributed by atoms with Crippen molar-refractivity contribution in [2.75, 3.05) is 33.0 Å². The number of primary amides is 2. The van der Waals surface area contributed by atoms with Gasteiger partial charge in [-0.2, -0.15) is 0 Å². The maximum Gasteiger partial charge on any atom is 0.326 e. The summed E-state index contributed by atoms with van der Waals surface area (Å²) in [7, 11) is 0. The Kier molecular flexibility index (Phi) is 43.7. The zero-order valence-corrected chi connectivity index (χ0v) is 62.0. The molecule has 44 heteroatoms. The highest BCUT2D eigenvalue weighted by Crippen LogP contribution is 2.14. The van der Waals surface area contributed by atoms with Crippen LogP contribution >= 0.6 is 0 Å². The van der Waals surface area contributed by atoms with Gasteiger partial charge in [-0.25, -0.2) is 4.79 Å². The van der Waals surface area contributed by atoms with Crippen LogP contribution in [-0.2, 0) is 92.7 Å². The summed E-state index contributed by atoms with van der Waals surface area (Å²) in [6.07, 6.45) is -5.96. The van der Waals surface area contributed by atoms with E-state index in [9.17, 15) is 122 Å². The molecule has 0 aliphatic rings. The predicted molar refractivity (Wildman–Crippen MR) is 384 cm³/mol. The lowest BCUT2D eigenvalue weighted by atomic mass is 10.0. The van der Waals surface area contributed by atoms with Crippen molar-refractivity contribution in [3.05, 3.63) is 35.9 Å². The van der Waals surface area contributed by atoms with E-state index in [2.05, 4.69) is 69.1 Å². The lowest BCUT2D eigenvalue weighted by Gasteiger charge is -2.28. The van der Waals surface area contributed by atoms with E-state index in [1.165, 1.54) is 13.8 Å². The second-order valence-corrected chi connectivity index (χ2v) is 26.8. The van der Waals surface area contributed by atoms with Gasteiger partial charge in [0.1, 0.15) is 84.6 Å². The number of carboxylic acids is 3. The van der Waals surface area contributed by atoms with Crippen molar-refractivity contribution in [1.29, 1.82) is 5.41 Å². The number of hydrogen-bond donors (Lipinski definition) is 26. The molecule has 0 aliphatic carbocycles. The molecule has 1 aromatic carbocycles. The number of aliphatic carboxylic acids is 3. The van der Waals surface area contributed by atoms with Crippen LogP contribution in [0, 0.1) is 23.2 Å². The molecule has 14 atom stereocenters. The Hall–Kier alpha value is -11.2. The molecular formula is C66H107N19O25. The highest BCUT2D eigenvalue weighted by Gasteiger charge is 2.39. The van der Waals surface area contributed by atoms with E-state index in [-0.39, 0.29) is 44.6 Å². The third kappa shape index (κ3) is 37.0. The molecule has 0 heterocycles. The van der Waals surface area contributed by atoms with Crippen LogP contribution in [0.4, 0.5) is 0 Å². The van der Waals surface area contributed by atoms with Crippen LogP contribution in [0.3, 0.4) is 0 Å². The topological polar surface area (TPSA) is 745 Å². The quantitative estimate of drug-likeness (QED) is 0.0164.